The highest BCUT2D eigenvalue weighted by molar-refractivity contribution is 6.30. The summed E-state index contributed by atoms with van der Waals surface area (Å²) in [5.41, 5.74) is 8.31. The van der Waals surface area contributed by atoms with Gasteiger partial charge in [-0.05, 0) is 29.8 Å². The number of hydrogen-bond acceptors (Lipinski definition) is 4. The summed E-state index contributed by atoms with van der Waals surface area (Å²) in [5.74, 6) is 0.925. The van der Waals surface area contributed by atoms with Crippen LogP contribution in [-0.2, 0) is 0 Å². The van der Waals surface area contributed by atoms with Crippen molar-refractivity contribution in [3.05, 3.63) is 53.8 Å². The maximum Gasteiger partial charge on any atom is 0.178 e. The molecule has 2 N–H and O–H groups in total. The van der Waals surface area contributed by atoms with Gasteiger partial charge in [0.05, 0.1) is 5.56 Å². The third-order valence-corrected chi connectivity index (χ3v) is 2.99. The van der Waals surface area contributed by atoms with E-state index in [2.05, 4.69) is 10.1 Å². The van der Waals surface area contributed by atoms with Crippen molar-refractivity contribution in [3.8, 4) is 22.5 Å². The molecule has 0 unspecified atom stereocenters. The highest BCUT2D eigenvalue weighted by Gasteiger charge is 2.17. The predicted molar refractivity (Wildman–Crippen MR) is 74.6 cm³/mol. The zero-order valence-corrected chi connectivity index (χ0v) is 10.6. The Hall–Kier alpha value is -2.33. The Morgan fingerprint density at radius 3 is 2.68 bits per heavy atom. The lowest BCUT2D eigenvalue weighted by Crippen LogP contribution is -1.89. The molecule has 0 aliphatic heterocycles. The number of pyridine rings is 1. The molecular weight excluding hydrogens is 262 g/mol. The van der Waals surface area contributed by atoms with E-state index in [1.807, 2.05) is 30.3 Å². The first kappa shape index (κ1) is 11.7. The van der Waals surface area contributed by atoms with Crippen LogP contribution in [0.5, 0.6) is 0 Å². The second-order valence-corrected chi connectivity index (χ2v) is 4.46. The highest BCUT2D eigenvalue weighted by Crippen LogP contribution is 2.36. The largest absolute Gasteiger partial charge is 0.380 e. The van der Waals surface area contributed by atoms with Gasteiger partial charge in [-0.25, -0.2) is 0 Å². The molecule has 2 aromatic heterocycles. The van der Waals surface area contributed by atoms with Gasteiger partial charge in [0.15, 0.2) is 11.6 Å². The quantitative estimate of drug-likeness (QED) is 0.773. The van der Waals surface area contributed by atoms with Gasteiger partial charge in [-0.2, -0.15) is 0 Å². The number of nitrogens with zero attached hydrogens (tertiary/aromatic N) is 2. The molecule has 1 aromatic carbocycles. The van der Waals surface area contributed by atoms with Crippen molar-refractivity contribution in [2.24, 2.45) is 0 Å². The number of anilines is 1. The molecule has 2 heterocycles. The molecule has 0 atom stereocenters. The summed E-state index contributed by atoms with van der Waals surface area (Å²) in [5, 5.41) is 4.47. The monoisotopic (exact) mass is 271 g/mol. The van der Waals surface area contributed by atoms with Gasteiger partial charge in [-0.15, -0.1) is 0 Å². The maximum atomic E-state index is 6.01. The minimum Gasteiger partial charge on any atom is -0.380 e. The van der Waals surface area contributed by atoms with Gasteiger partial charge in [0.1, 0.15) is 0 Å². The lowest BCUT2D eigenvalue weighted by molar-refractivity contribution is 0.436. The van der Waals surface area contributed by atoms with Gasteiger partial charge in [-0.3, -0.25) is 4.98 Å². The zero-order valence-electron chi connectivity index (χ0n) is 9.88. The molecule has 19 heavy (non-hydrogen) atoms. The van der Waals surface area contributed by atoms with Crippen molar-refractivity contribution in [1.29, 1.82) is 0 Å². The van der Waals surface area contributed by atoms with Crippen LogP contribution in [0.4, 0.5) is 5.82 Å². The van der Waals surface area contributed by atoms with Crippen molar-refractivity contribution in [2.75, 3.05) is 5.73 Å². The number of hydrogen-bond donors (Lipinski definition) is 1. The van der Waals surface area contributed by atoms with Crippen LogP contribution in [0, 0.1) is 0 Å². The molecule has 0 aliphatic carbocycles. The molecule has 0 bridgehead atoms. The van der Waals surface area contributed by atoms with Gasteiger partial charge in [0, 0.05) is 23.0 Å². The van der Waals surface area contributed by atoms with E-state index in [0.717, 1.165) is 16.7 Å². The van der Waals surface area contributed by atoms with Gasteiger partial charge < -0.3 is 10.3 Å². The average Bonchev–Trinajstić information content (AvgIpc) is 2.82. The lowest BCUT2D eigenvalue weighted by Gasteiger charge is -2.02. The van der Waals surface area contributed by atoms with Gasteiger partial charge in [0.25, 0.3) is 0 Å². The van der Waals surface area contributed by atoms with E-state index in [-0.39, 0.29) is 0 Å². The van der Waals surface area contributed by atoms with E-state index < -0.39 is 0 Å². The Bertz CT molecular complexity index is 710. The van der Waals surface area contributed by atoms with Crippen LogP contribution >= 0.6 is 11.6 Å². The van der Waals surface area contributed by atoms with Crippen molar-refractivity contribution in [2.45, 2.75) is 0 Å². The van der Waals surface area contributed by atoms with Crippen LogP contribution in [0.2, 0.25) is 5.02 Å². The standard InChI is InChI=1S/C14H10ClN3O/c15-11-5-1-3-9(7-11)12-13(19-18-14(12)16)10-4-2-6-17-8-10/h1-8H,(H2,16,18). The minimum atomic E-state index is 0.334. The second kappa shape index (κ2) is 4.74. The Morgan fingerprint density at radius 1 is 1.11 bits per heavy atom. The van der Waals surface area contributed by atoms with E-state index in [1.54, 1.807) is 18.5 Å². The SMILES string of the molecule is Nc1noc(-c2cccnc2)c1-c1cccc(Cl)c1. The first-order valence-electron chi connectivity index (χ1n) is 5.67. The minimum absolute atomic E-state index is 0.334. The second-order valence-electron chi connectivity index (χ2n) is 4.02. The normalized spacial score (nSPS) is 10.6. The molecular formula is C14H10ClN3O. The molecule has 3 aromatic rings. The van der Waals surface area contributed by atoms with Crippen molar-refractivity contribution >= 4 is 17.4 Å². The highest BCUT2D eigenvalue weighted by atomic mass is 35.5. The number of nitrogens with two attached hydrogens (primary N) is 1. The van der Waals surface area contributed by atoms with Crippen LogP contribution < -0.4 is 5.73 Å². The number of rotatable bonds is 2. The van der Waals surface area contributed by atoms with Crippen LogP contribution in [0.3, 0.4) is 0 Å². The molecule has 0 radical (unpaired) electrons. The number of nitrogen functional groups attached to an aromatic ring is 1. The summed E-state index contributed by atoms with van der Waals surface area (Å²) in [6, 6.07) is 11.1. The lowest BCUT2D eigenvalue weighted by atomic mass is 10.0. The van der Waals surface area contributed by atoms with E-state index >= 15 is 0 Å². The smallest absolute Gasteiger partial charge is 0.178 e. The van der Waals surface area contributed by atoms with Crippen LogP contribution in [0.15, 0.2) is 53.3 Å². The molecule has 0 aliphatic rings. The average molecular weight is 272 g/mol. The third kappa shape index (κ3) is 2.18. The Kier molecular flexibility index (Phi) is 2.93. The van der Waals surface area contributed by atoms with Crippen LogP contribution in [0.1, 0.15) is 0 Å². The van der Waals surface area contributed by atoms with E-state index in [4.69, 9.17) is 21.9 Å². The molecule has 3 rings (SSSR count). The molecule has 94 valence electrons. The number of benzene rings is 1. The van der Waals surface area contributed by atoms with Crippen molar-refractivity contribution in [1.82, 2.24) is 10.1 Å². The van der Waals surface area contributed by atoms with Crippen LogP contribution in [-0.4, -0.2) is 10.1 Å². The van der Waals surface area contributed by atoms with E-state index in [0.29, 0.717) is 16.6 Å². The molecule has 5 heteroatoms. The molecule has 0 saturated heterocycles. The third-order valence-electron chi connectivity index (χ3n) is 2.76. The number of halogens is 1. The molecule has 4 nitrogen and oxygen atoms in total. The summed E-state index contributed by atoms with van der Waals surface area (Å²) in [6.07, 6.45) is 3.40. The zero-order chi connectivity index (χ0) is 13.2. The number of aromatic nitrogens is 2. The molecule has 0 fully saturated rings. The Morgan fingerprint density at radius 2 is 1.95 bits per heavy atom. The summed E-state index contributed by atoms with van der Waals surface area (Å²) < 4.78 is 5.32. The van der Waals surface area contributed by atoms with Gasteiger partial charge >= 0.3 is 0 Å². The summed E-state index contributed by atoms with van der Waals surface area (Å²) in [6.45, 7) is 0. The van der Waals surface area contributed by atoms with Gasteiger partial charge in [-0.1, -0.05) is 28.9 Å². The Labute approximate surface area is 114 Å². The first-order chi connectivity index (χ1) is 9.25. The molecule has 0 amide bonds. The van der Waals surface area contributed by atoms with Crippen LogP contribution in [0.25, 0.3) is 22.5 Å². The van der Waals surface area contributed by atoms with Crippen molar-refractivity contribution < 1.29 is 4.52 Å². The maximum absolute atomic E-state index is 6.01. The molecule has 0 saturated carbocycles. The summed E-state index contributed by atoms with van der Waals surface area (Å²) in [7, 11) is 0. The summed E-state index contributed by atoms with van der Waals surface area (Å²) in [4.78, 5) is 4.07. The van der Waals surface area contributed by atoms with Gasteiger partial charge in [0.2, 0.25) is 0 Å². The Balaban J connectivity index is 2.20. The predicted octanol–water partition coefficient (Wildman–Crippen LogP) is 3.64. The topological polar surface area (TPSA) is 64.9 Å². The van der Waals surface area contributed by atoms with E-state index in [1.165, 1.54) is 0 Å². The summed E-state index contributed by atoms with van der Waals surface area (Å²) >= 11 is 6.01. The van der Waals surface area contributed by atoms with Crippen molar-refractivity contribution in [3.63, 3.8) is 0 Å². The fourth-order valence-corrected chi connectivity index (χ4v) is 2.11. The van der Waals surface area contributed by atoms with E-state index in [9.17, 15) is 0 Å². The molecule has 0 spiro atoms. The fourth-order valence-electron chi connectivity index (χ4n) is 1.92. The fraction of sp³-hybridized carbons (Fsp3) is 0. The first-order valence-corrected chi connectivity index (χ1v) is 6.05.